The number of carbonyl (C=O) groups excluding carboxylic acids is 3. The third kappa shape index (κ3) is 7.93. The summed E-state index contributed by atoms with van der Waals surface area (Å²) in [4.78, 5) is 38.4. The van der Waals surface area contributed by atoms with Crippen LogP contribution in [-0.2, 0) is 32.5 Å². The molecule has 1 aromatic heterocycles. The van der Waals surface area contributed by atoms with Crippen molar-refractivity contribution in [3.63, 3.8) is 0 Å². The van der Waals surface area contributed by atoms with Crippen molar-refractivity contribution in [2.45, 2.75) is 43.0 Å². The van der Waals surface area contributed by atoms with Crippen molar-refractivity contribution in [3.8, 4) is 0 Å². The van der Waals surface area contributed by atoms with Crippen molar-refractivity contribution in [3.05, 3.63) is 118 Å². The number of carbonyl (C=O) groups is 3. The van der Waals surface area contributed by atoms with E-state index in [9.17, 15) is 41.1 Å². The molecule has 0 aliphatic carbocycles. The molecule has 48 heavy (non-hydrogen) atoms. The van der Waals surface area contributed by atoms with Gasteiger partial charge in [-0.3, -0.25) is 14.5 Å². The lowest BCUT2D eigenvalue weighted by molar-refractivity contribution is -0.129. The maximum absolute atomic E-state index is 14.7. The number of benzene rings is 3. The molecule has 15 heteroatoms. The van der Waals surface area contributed by atoms with Crippen LogP contribution in [0, 0.1) is 17.5 Å². The molecule has 2 N–H and O–H groups in total. The predicted octanol–water partition coefficient (Wildman–Crippen LogP) is 4.67. The van der Waals surface area contributed by atoms with Gasteiger partial charge in [-0.1, -0.05) is 36.4 Å². The second-order valence-corrected chi connectivity index (χ2v) is 14.0. The van der Waals surface area contributed by atoms with Gasteiger partial charge in [-0.25, -0.2) is 26.4 Å². The Morgan fingerprint density at radius 1 is 1.02 bits per heavy atom. The lowest BCUT2D eigenvalue weighted by atomic mass is 10.0. The van der Waals surface area contributed by atoms with Gasteiger partial charge in [-0.05, 0) is 60.7 Å². The minimum Gasteiger partial charge on any atom is -0.434 e. The second-order valence-electron chi connectivity index (χ2n) is 11.0. The number of sulfonamides is 1. The van der Waals surface area contributed by atoms with Crippen molar-refractivity contribution in [1.82, 2.24) is 9.62 Å². The van der Waals surface area contributed by atoms with Gasteiger partial charge in [0.15, 0.2) is 23.5 Å². The number of cyclic esters (lactones) is 1. The molecule has 1 aliphatic rings. The topological polar surface area (TPSA) is 133 Å². The van der Waals surface area contributed by atoms with Gasteiger partial charge in [-0.2, -0.15) is 4.31 Å². The monoisotopic (exact) mass is 701 g/mol. The zero-order chi connectivity index (χ0) is 34.6. The number of ether oxygens (including phenoxy) is 1. The highest BCUT2D eigenvalue weighted by molar-refractivity contribution is 7.89. The Balaban J connectivity index is 1.39. The van der Waals surface area contributed by atoms with E-state index < -0.39 is 69.2 Å². The summed E-state index contributed by atoms with van der Waals surface area (Å²) in [5, 5.41) is 15.8. The van der Waals surface area contributed by atoms with Crippen molar-refractivity contribution >= 4 is 44.8 Å². The molecule has 1 aliphatic heterocycles. The first kappa shape index (κ1) is 34.8. The van der Waals surface area contributed by atoms with Crippen LogP contribution in [0.3, 0.4) is 0 Å². The van der Waals surface area contributed by atoms with Crippen molar-refractivity contribution in [2.75, 3.05) is 18.0 Å². The number of hydrogen-bond acceptors (Lipinski definition) is 8. The molecule has 5 rings (SSSR count). The Morgan fingerprint density at radius 3 is 2.35 bits per heavy atom. The number of ketones is 1. The quantitative estimate of drug-likeness (QED) is 0.153. The van der Waals surface area contributed by atoms with Gasteiger partial charge in [-0.15, -0.1) is 11.3 Å². The molecule has 1 saturated heterocycles. The van der Waals surface area contributed by atoms with E-state index in [-0.39, 0.29) is 37.4 Å². The maximum Gasteiger partial charge on any atom is 0.415 e. The van der Waals surface area contributed by atoms with Crippen LogP contribution in [0.25, 0.3) is 0 Å². The zero-order valence-electron chi connectivity index (χ0n) is 25.4. The van der Waals surface area contributed by atoms with Gasteiger partial charge in [0.2, 0.25) is 10.0 Å². The number of halogens is 3. The summed E-state index contributed by atoms with van der Waals surface area (Å²) in [6.07, 6.45) is -3.73. The van der Waals surface area contributed by atoms with E-state index in [4.69, 9.17) is 4.74 Å². The fourth-order valence-electron chi connectivity index (χ4n) is 5.11. The molecule has 3 atom stereocenters. The number of aliphatic hydroxyl groups is 1. The third-order valence-electron chi connectivity index (χ3n) is 7.68. The lowest BCUT2D eigenvalue weighted by Crippen LogP contribution is -2.53. The normalized spacial score (nSPS) is 16.1. The van der Waals surface area contributed by atoms with Gasteiger partial charge in [0.1, 0.15) is 10.7 Å². The molecule has 3 aromatic carbocycles. The van der Waals surface area contributed by atoms with Crippen LogP contribution in [0.15, 0.2) is 89.1 Å². The van der Waals surface area contributed by atoms with Crippen LogP contribution in [0.2, 0.25) is 0 Å². The largest absolute Gasteiger partial charge is 0.434 e. The van der Waals surface area contributed by atoms with Crippen LogP contribution in [0.4, 0.5) is 23.7 Å². The molecule has 4 aromatic rings. The molecule has 1 unspecified atom stereocenters. The maximum atomic E-state index is 14.7. The lowest BCUT2D eigenvalue weighted by Gasteiger charge is -2.30. The van der Waals surface area contributed by atoms with E-state index in [1.807, 2.05) is 0 Å². The highest BCUT2D eigenvalue weighted by Gasteiger charge is 2.39. The van der Waals surface area contributed by atoms with E-state index in [0.717, 1.165) is 4.31 Å². The minimum atomic E-state index is -4.86. The standard InChI is InChI=1S/C33H30F3N3O7S2/c1-20(40)22-9-11-23(12-10-22)39-19-30(46-33(39)43)32(42)37-28(14-21-6-3-2-4-7-21)29(41)18-38(17-24-8-5-13-47-24)48(44,45)31-16-26(35)25(34)15-27(31)36/h2-13,15-16,28-30,41H,14,17-19H2,1H3,(H,37,42)/t28?,29-,30-/m0/s1. The summed E-state index contributed by atoms with van der Waals surface area (Å²) in [7, 11) is -4.86. The summed E-state index contributed by atoms with van der Waals surface area (Å²) >= 11 is 1.18. The highest BCUT2D eigenvalue weighted by atomic mass is 32.2. The van der Waals surface area contributed by atoms with E-state index in [1.165, 1.54) is 35.3 Å². The van der Waals surface area contributed by atoms with E-state index in [2.05, 4.69) is 5.32 Å². The van der Waals surface area contributed by atoms with Crippen LogP contribution in [0.1, 0.15) is 27.7 Å². The van der Waals surface area contributed by atoms with Crippen LogP contribution < -0.4 is 10.2 Å². The fourth-order valence-corrected chi connectivity index (χ4v) is 7.41. The summed E-state index contributed by atoms with van der Waals surface area (Å²) in [6, 6.07) is 17.3. The summed E-state index contributed by atoms with van der Waals surface area (Å²) in [5.41, 5.74) is 1.48. The van der Waals surface area contributed by atoms with Crippen LogP contribution >= 0.6 is 11.3 Å². The minimum absolute atomic E-state index is 0.0110. The Bertz CT molecular complexity index is 1890. The Labute approximate surface area is 278 Å². The summed E-state index contributed by atoms with van der Waals surface area (Å²) < 4.78 is 75.9. The van der Waals surface area contributed by atoms with Crippen LogP contribution in [-0.4, -0.2) is 67.0 Å². The molecule has 0 bridgehead atoms. The van der Waals surface area contributed by atoms with E-state index in [1.54, 1.807) is 60.0 Å². The van der Waals surface area contributed by atoms with E-state index in [0.29, 0.717) is 21.7 Å². The molecule has 1 fully saturated rings. The molecule has 0 radical (unpaired) electrons. The Morgan fingerprint density at radius 2 is 1.71 bits per heavy atom. The summed E-state index contributed by atoms with van der Waals surface area (Å²) in [6.45, 7) is 0.179. The van der Waals surface area contributed by atoms with Crippen molar-refractivity contribution in [2.24, 2.45) is 0 Å². The molecule has 10 nitrogen and oxygen atoms in total. The SMILES string of the molecule is CC(=O)c1ccc(N2C[C@@H](C(=O)NC(Cc3ccccc3)[C@@H](O)CN(Cc3cccs3)S(=O)(=O)c3cc(F)c(F)cc3F)OC2=O)cc1. The van der Waals surface area contributed by atoms with Gasteiger partial charge < -0.3 is 15.2 Å². The molecular weight excluding hydrogens is 672 g/mol. The molecule has 0 spiro atoms. The van der Waals surface area contributed by atoms with Gasteiger partial charge in [0, 0.05) is 35.3 Å². The second kappa shape index (κ2) is 14.7. The number of thiophene rings is 1. The first-order valence-electron chi connectivity index (χ1n) is 14.6. The highest BCUT2D eigenvalue weighted by Crippen LogP contribution is 2.27. The average Bonchev–Trinajstić information content (AvgIpc) is 3.72. The number of amides is 2. The fraction of sp³-hybridized carbons (Fsp3) is 0.242. The molecular formula is C33H30F3N3O7S2. The number of Topliss-reactive ketones (excluding diaryl/α,β-unsaturated/α-hetero) is 1. The molecule has 0 saturated carbocycles. The Kier molecular flexibility index (Phi) is 10.6. The third-order valence-corrected chi connectivity index (χ3v) is 10.4. The molecule has 2 amide bonds. The number of hydrogen-bond donors (Lipinski definition) is 2. The van der Waals surface area contributed by atoms with E-state index >= 15 is 0 Å². The number of aliphatic hydroxyl groups excluding tert-OH is 1. The predicted molar refractivity (Wildman–Crippen MR) is 170 cm³/mol. The molecule has 2 heterocycles. The number of rotatable bonds is 13. The number of nitrogens with one attached hydrogen (secondary N) is 1. The van der Waals surface area contributed by atoms with Gasteiger partial charge in [0.05, 0.1) is 18.7 Å². The average molecular weight is 702 g/mol. The summed E-state index contributed by atoms with van der Waals surface area (Å²) in [5.74, 6) is -5.60. The van der Waals surface area contributed by atoms with Gasteiger partial charge in [0.25, 0.3) is 5.91 Å². The zero-order valence-corrected chi connectivity index (χ0v) is 27.0. The smallest absolute Gasteiger partial charge is 0.415 e. The number of anilines is 1. The molecule has 252 valence electrons. The van der Waals surface area contributed by atoms with Gasteiger partial charge >= 0.3 is 6.09 Å². The number of nitrogens with zero attached hydrogens (tertiary/aromatic N) is 2. The first-order chi connectivity index (χ1) is 22.8. The van der Waals surface area contributed by atoms with Crippen LogP contribution in [0.5, 0.6) is 0 Å². The van der Waals surface area contributed by atoms with Crippen molar-refractivity contribution < 1.29 is 45.8 Å². The first-order valence-corrected chi connectivity index (χ1v) is 16.9. The Hall–Kier alpha value is -4.57. The van der Waals surface area contributed by atoms with Crippen molar-refractivity contribution in [1.29, 1.82) is 0 Å².